The first-order chi connectivity index (χ1) is 10.1. The lowest BCUT2D eigenvalue weighted by atomic mass is 10.0. The fraction of sp³-hybridized carbons (Fsp3) is 0.647. The highest BCUT2D eigenvalue weighted by molar-refractivity contribution is 6.30. The number of nitrogens with one attached hydrogen (secondary N) is 1. The summed E-state index contributed by atoms with van der Waals surface area (Å²) >= 11 is 6.06. The molecule has 0 heterocycles. The third-order valence-electron chi connectivity index (χ3n) is 4.38. The fourth-order valence-electron chi connectivity index (χ4n) is 3.03. The minimum absolute atomic E-state index is 0.158. The Morgan fingerprint density at radius 3 is 2.76 bits per heavy atom. The van der Waals surface area contributed by atoms with Crippen LogP contribution in [0.25, 0.3) is 0 Å². The summed E-state index contributed by atoms with van der Waals surface area (Å²) in [6.45, 7) is 2.41. The van der Waals surface area contributed by atoms with Crippen LogP contribution in [0, 0.1) is 5.92 Å². The minimum atomic E-state index is -0.387. The zero-order valence-corrected chi connectivity index (χ0v) is 13.7. The lowest BCUT2D eigenvalue weighted by Crippen LogP contribution is -2.21. The molecule has 2 N–H and O–H groups in total. The molecule has 1 fully saturated rings. The molecule has 4 heteroatoms. The zero-order chi connectivity index (χ0) is 15.2. The van der Waals surface area contributed by atoms with E-state index in [1.54, 1.807) is 0 Å². The summed E-state index contributed by atoms with van der Waals surface area (Å²) in [5.41, 5.74) is 1.03. The maximum absolute atomic E-state index is 10.1. The lowest BCUT2D eigenvalue weighted by molar-refractivity contribution is 0.0849. The number of ether oxygens (including phenoxy) is 1. The molecule has 1 aliphatic carbocycles. The van der Waals surface area contributed by atoms with Gasteiger partial charge in [0.15, 0.2) is 0 Å². The van der Waals surface area contributed by atoms with Crippen molar-refractivity contribution in [3.63, 3.8) is 0 Å². The number of aliphatic hydroxyl groups excluding tert-OH is 1. The van der Waals surface area contributed by atoms with Gasteiger partial charge in [-0.15, -0.1) is 0 Å². The second-order valence-electron chi connectivity index (χ2n) is 6.04. The van der Waals surface area contributed by atoms with Crippen LogP contribution in [0.3, 0.4) is 0 Å². The average molecular weight is 312 g/mol. The number of halogens is 1. The van der Waals surface area contributed by atoms with Crippen molar-refractivity contribution in [2.45, 2.75) is 51.2 Å². The Labute approximate surface area is 132 Å². The van der Waals surface area contributed by atoms with Gasteiger partial charge in [0.25, 0.3) is 0 Å². The normalized spacial score (nSPS) is 18.7. The number of benzene rings is 1. The number of rotatable bonds is 7. The van der Waals surface area contributed by atoms with Crippen molar-refractivity contribution in [2.75, 3.05) is 13.7 Å². The minimum Gasteiger partial charge on any atom is -0.491 e. The molecule has 1 aliphatic rings. The van der Waals surface area contributed by atoms with Gasteiger partial charge >= 0.3 is 0 Å². The highest BCUT2D eigenvalue weighted by Crippen LogP contribution is 2.30. The van der Waals surface area contributed by atoms with Gasteiger partial charge in [-0.2, -0.15) is 0 Å². The van der Waals surface area contributed by atoms with Gasteiger partial charge in [0.2, 0.25) is 0 Å². The van der Waals surface area contributed by atoms with Gasteiger partial charge in [0.1, 0.15) is 12.4 Å². The van der Waals surface area contributed by atoms with Crippen molar-refractivity contribution in [2.24, 2.45) is 5.92 Å². The summed E-state index contributed by atoms with van der Waals surface area (Å²) in [5, 5.41) is 14.0. The van der Waals surface area contributed by atoms with Gasteiger partial charge < -0.3 is 15.2 Å². The summed E-state index contributed by atoms with van der Waals surface area (Å²) in [4.78, 5) is 0. The molecular formula is C17H26ClNO2. The van der Waals surface area contributed by atoms with Crippen molar-refractivity contribution < 1.29 is 9.84 Å². The molecule has 1 saturated carbocycles. The van der Waals surface area contributed by atoms with E-state index < -0.39 is 0 Å². The van der Waals surface area contributed by atoms with E-state index in [0.29, 0.717) is 17.5 Å². The van der Waals surface area contributed by atoms with E-state index >= 15 is 0 Å². The lowest BCUT2D eigenvalue weighted by Gasteiger charge is -2.20. The van der Waals surface area contributed by atoms with E-state index in [1.165, 1.54) is 25.7 Å². The van der Waals surface area contributed by atoms with Crippen LogP contribution in [0.4, 0.5) is 0 Å². The van der Waals surface area contributed by atoms with Crippen LogP contribution in [0.1, 0.15) is 50.6 Å². The molecule has 0 amide bonds. The molecule has 0 bridgehead atoms. The van der Waals surface area contributed by atoms with Crippen LogP contribution in [0.15, 0.2) is 18.2 Å². The first-order valence-corrected chi connectivity index (χ1v) is 8.25. The van der Waals surface area contributed by atoms with Gasteiger partial charge in [-0.1, -0.05) is 37.3 Å². The standard InChI is InChI=1S/C17H26ClNO2/c1-12(19-2)16-10-14(18)7-8-17(16)21-11-15(20)9-13-5-3-4-6-13/h7-8,10,12-13,15,19-20H,3-6,9,11H2,1-2H3. The molecule has 0 saturated heterocycles. The summed E-state index contributed by atoms with van der Waals surface area (Å²) < 4.78 is 5.84. The number of aliphatic hydroxyl groups is 1. The maximum Gasteiger partial charge on any atom is 0.124 e. The number of hydrogen-bond acceptors (Lipinski definition) is 3. The van der Waals surface area contributed by atoms with Crippen LogP contribution in [0.5, 0.6) is 5.75 Å². The highest BCUT2D eigenvalue weighted by atomic mass is 35.5. The Hall–Kier alpha value is -0.770. The van der Waals surface area contributed by atoms with E-state index in [1.807, 2.05) is 25.2 Å². The van der Waals surface area contributed by atoms with E-state index in [9.17, 15) is 5.11 Å². The molecule has 2 unspecified atom stereocenters. The number of hydrogen-bond donors (Lipinski definition) is 2. The van der Waals surface area contributed by atoms with Crippen LogP contribution in [0.2, 0.25) is 5.02 Å². The molecule has 2 rings (SSSR count). The molecule has 1 aromatic carbocycles. The van der Waals surface area contributed by atoms with Gasteiger partial charge in [-0.3, -0.25) is 0 Å². The van der Waals surface area contributed by atoms with Crippen LogP contribution in [-0.2, 0) is 0 Å². The Morgan fingerprint density at radius 2 is 2.10 bits per heavy atom. The van der Waals surface area contributed by atoms with Gasteiger partial charge in [-0.25, -0.2) is 0 Å². The summed E-state index contributed by atoms with van der Waals surface area (Å²) in [5.74, 6) is 1.47. The molecule has 21 heavy (non-hydrogen) atoms. The first kappa shape index (κ1) is 16.6. The molecule has 0 spiro atoms. The largest absolute Gasteiger partial charge is 0.491 e. The Bertz CT molecular complexity index is 446. The second kappa shape index (κ2) is 8.02. The smallest absolute Gasteiger partial charge is 0.124 e. The molecule has 0 aromatic heterocycles. The van der Waals surface area contributed by atoms with E-state index in [-0.39, 0.29) is 12.1 Å². The third kappa shape index (κ3) is 4.87. The van der Waals surface area contributed by atoms with Crippen LogP contribution >= 0.6 is 11.6 Å². The summed E-state index contributed by atoms with van der Waals surface area (Å²) in [7, 11) is 1.91. The van der Waals surface area contributed by atoms with Crippen molar-refractivity contribution in [1.82, 2.24) is 5.32 Å². The molecule has 0 radical (unpaired) electrons. The Kier molecular flexibility index (Phi) is 6.34. The molecule has 2 atom stereocenters. The Balaban J connectivity index is 1.92. The molecular weight excluding hydrogens is 286 g/mol. The van der Waals surface area contributed by atoms with E-state index in [0.717, 1.165) is 17.7 Å². The summed E-state index contributed by atoms with van der Waals surface area (Å²) in [6, 6.07) is 5.78. The zero-order valence-electron chi connectivity index (χ0n) is 12.9. The predicted octanol–water partition coefficient (Wildman–Crippen LogP) is 3.94. The second-order valence-corrected chi connectivity index (χ2v) is 6.48. The Morgan fingerprint density at radius 1 is 1.38 bits per heavy atom. The SMILES string of the molecule is CNC(C)c1cc(Cl)ccc1OCC(O)CC1CCCC1. The molecule has 118 valence electrons. The van der Waals surface area contributed by atoms with Crippen molar-refractivity contribution in [1.29, 1.82) is 0 Å². The highest BCUT2D eigenvalue weighted by Gasteiger charge is 2.20. The topological polar surface area (TPSA) is 41.5 Å². The molecule has 1 aromatic rings. The van der Waals surface area contributed by atoms with Gasteiger partial charge in [-0.05, 0) is 44.5 Å². The van der Waals surface area contributed by atoms with Crippen LogP contribution in [-0.4, -0.2) is 24.9 Å². The summed E-state index contributed by atoms with van der Waals surface area (Å²) in [6.07, 6.45) is 5.57. The van der Waals surface area contributed by atoms with Crippen molar-refractivity contribution in [3.05, 3.63) is 28.8 Å². The molecule has 0 aliphatic heterocycles. The van der Waals surface area contributed by atoms with E-state index in [4.69, 9.17) is 16.3 Å². The third-order valence-corrected chi connectivity index (χ3v) is 4.62. The first-order valence-electron chi connectivity index (χ1n) is 7.87. The fourth-order valence-corrected chi connectivity index (χ4v) is 3.21. The molecule has 3 nitrogen and oxygen atoms in total. The average Bonchev–Trinajstić information content (AvgIpc) is 2.98. The van der Waals surface area contributed by atoms with Crippen molar-refractivity contribution >= 4 is 11.6 Å². The quantitative estimate of drug-likeness (QED) is 0.801. The van der Waals surface area contributed by atoms with E-state index in [2.05, 4.69) is 12.2 Å². The monoisotopic (exact) mass is 311 g/mol. The maximum atomic E-state index is 10.1. The predicted molar refractivity (Wildman–Crippen MR) is 87.0 cm³/mol. The van der Waals surface area contributed by atoms with Crippen LogP contribution < -0.4 is 10.1 Å². The van der Waals surface area contributed by atoms with Gasteiger partial charge in [0, 0.05) is 16.6 Å². The van der Waals surface area contributed by atoms with Gasteiger partial charge in [0.05, 0.1) is 6.10 Å². The van der Waals surface area contributed by atoms with Crippen molar-refractivity contribution in [3.8, 4) is 5.75 Å².